The molecular weight excluding hydrogens is 488 g/mol. The third kappa shape index (κ3) is 4.40. The summed E-state index contributed by atoms with van der Waals surface area (Å²) in [4.78, 5) is 43.3. The van der Waals surface area contributed by atoms with E-state index >= 15 is 0 Å². The van der Waals surface area contributed by atoms with Crippen molar-refractivity contribution in [3.8, 4) is 0 Å². The molecule has 4 heterocycles. The van der Waals surface area contributed by atoms with Crippen LogP contribution in [0.3, 0.4) is 0 Å². The van der Waals surface area contributed by atoms with Gasteiger partial charge in [-0.2, -0.15) is 5.10 Å². The van der Waals surface area contributed by atoms with Crippen molar-refractivity contribution < 1.29 is 14.5 Å². The molecule has 0 bridgehead atoms. The van der Waals surface area contributed by atoms with Crippen LogP contribution in [0.1, 0.15) is 12.8 Å². The van der Waals surface area contributed by atoms with E-state index in [9.17, 15) is 19.7 Å². The van der Waals surface area contributed by atoms with Gasteiger partial charge in [-0.3, -0.25) is 34.7 Å². The molecule has 1 unspecified atom stereocenters. The van der Waals surface area contributed by atoms with Crippen molar-refractivity contribution in [1.29, 1.82) is 0 Å². The van der Waals surface area contributed by atoms with Crippen LogP contribution in [0.4, 0.5) is 27.7 Å². The summed E-state index contributed by atoms with van der Waals surface area (Å²) in [5, 5.41) is 18.8. The van der Waals surface area contributed by atoms with Crippen molar-refractivity contribution in [3.05, 3.63) is 52.6 Å². The molecule has 12 heteroatoms. The molecule has 38 heavy (non-hydrogen) atoms. The number of anilines is 3. The summed E-state index contributed by atoms with van der Waals surface area (Å²) in [7, 11) is 1.87. The lowest BCUT2D eigenvalue weighted by Crippen LogP contribution is -2.51. The number of nitro benzene ring substituents is 1. The Balaban J connectivity index is 1.09. The Morgan fingerprint density at radius 3 is 2.39 bits per heavy atom. The van der Waals surface area contributed by atoms with Crippen molar-refractivity contribution in [2.24, 2.45) is 7.05 Å². The lowest BCUT2D eigenvalue weighted by atomic mass is 10.1. The minimum atomic E-state index is -0.430. The second kappa shape index (κ2) is 9.60. The molecule has 0 radical (unpaired) electrons. The number of hydrogen-bond acceptors (Lipinski definition) is 8. The summed E-state index contributed by atoms with van der Waals surface area (Å²) >= 11 is 0. The van der Waals surface area contributed by atoms with Crippen molar-refractivity contribution in [3.63, 3.8) is 0 Å². The second-order valence-corrected chi connectivity index (χ2v) is 10.1. The number of carbonyl (C=O) groups is 2. The Kier molecular flexibility index (Phi) is 6.10. The van der Waals surface area contributed by atoms with Gasteiger partial charge in [-0.05, 0) is 36.8 Å². The number of carbonyl (C=O) groups excluding carboxylic acids is 2. The van der Waals surface area contributed by atoms with Crippen molar-refractivity contribution >= 4 is 45.7 Å². The largest absolute Gasteiger partial charge is 0.370 e. The summed E-state index contributed by atoms with van der Waals surface area (Å²) in [6, 6.07) is 13.1. The Labute approximate surface area is 219 Å². The highest BCUT2D eigenvalue weighted by molar-refractivity contribution is 6.09. The predicted octanol–water partition coefficient (Wildman–Crippen LogP) is 2.33. The molecule has 6 rings (SSSR count). The fraction of sp³-hybridized carbons (Fsp3) is 0.423. The number of amides is 3. The molecule has 1 aromatic heterocycles. The molecule has 12 nitrogen and oxygen atoms in total. The summed E-state index contributed by atoms with van der Waals surface area (Å²) in [5.74, 6) is 0.312. The van der Waals surface area contributed by atoms with Gasteiger partial charge in [0, 0.05) is 94.2 Å². The van der Waals surface area contributed by atoms with Crippen LogP contribution in [0.5, 0.6) is 0 Å². The number of fused-ring (bicyclic) bond motifs is 1. The van der Waals surface area contributed by atoms with Crippen LogP contribution < -0.4 is 20.0 Å². The number of urea groups is 1. The maximum absolute atomic E-state index is 12.4. The Morgan fingerprint density at radius 2 is 1.68 bits per heavy atom. The van der Waals surface area contributed by atoms with Crippen LogP contribution in [-0.2, 0) is 11.8 Å². The molecule has 3 aliphatic rings. The average Bonchev–Trinajstić information content (AvgIpc) is 3.54. The standard InChI is InChI=1S/C26H30N8O4/c1-29-23-16-20(6-7-22(23)25(28-29)33-11-9-24(35)27-26(33)36)30-12-14-31(15-13-30)21-8-10-32(17-21)18-2-4-19(5-3-18)34(37)38/h2-7,16,21H,8-15,17H2,1H3,(H,27,35,36). The van der Waals surface area contributed by atoms with E-state index in [-0.39, 0.29) is 22.9 Å². The first kappa shape index (κ1) is 24.2. The minimum Gasteiger partial charge on any atom is -0.370 e. The quantitative estimate of drug-likeness (QED) is 0.404. The van der Waals surface area contributed by atoms with E-state index in [0.29, 0.717) is 18.4 Å². The number of benzene rings is 2. The molecule has 198 valence electrons. The lowest BCUT2D eigenvalue weighted by molar-refractivity contribution is -0.384. The van der Waals surface area contributed by atoms with Gasteiger partial charge in [0.1, 0.15) is 0 Å². The molecule has 0 spiro atoms. The second-order valence-electron chi connectivity index (χ2n) is 10.1. The van der Waals surface area contributed by atoms with E-state index in [1.54, 1.807) is 16.8 Å². The van der Waals surface area contributed by atoms with Crippen molar-refractivity contribution in [2.45, 2.75) is 18.9 Å². The van der Waals surface area contributed by atoms with Gasteiger partial charge >= 0.3 is 6.03 Å². The summed E-state index contributed by atoms with van der Waals surface area (Å²) in [6.45, 7) is 5.97. The molecule has 0 saturated carbocycles. The van der Waals surface area contributed by atoms with Crippen LogP contribution in [-0.4, -0.2) is 83.4 Å². The molecule has 3 fully saturated rings. The third-order valence-electron chi connectivity index (χ3n) is 7.91. The molecule has 0 aliphatic carbocycles. The first-order valence-corrected chi connectivity index (χ1v) is 12.9. The monoisotopic (exact) mass is 518 g/mol. The van der Waals surface area contributed by atoms with Gasteiger partial charge in [0.05, 0.1) is 10.4 Å². The van der Waals surface area contributed by atoms with Gasteiger partial charge in [-0.1, -0.05) is 0 Å². The minimum absolute atomic E-state index is 0.120. The highest BCUT2D eigenvalue weighted by Crippen LogP contribution is 2.31. The highest BCUT2D eigenvalue weighted by Gasteiger charge is 2.31. The van der Waals surface area contributed by atoms with Crippen LogP contribution in [0, 0.1) is 10.1 Å². The van der Waals surface area contributed by atoms with Gasteiger partial charge < -0.3 is 9.80 Å². The van der Waals surface area contributed by atoms with E-state index in [0.717, 1.165) is 68.0 Å². The van der Waals surface area contributed by atoms with Crippen LogP contribution in [0.2, 0.25) is 0 Å². The number of nitro groups is 1. The fourth-order valence-corrected chi connectivity index (χ4v) is 5.79. The van der Waals surface area contributed by atoms with E-state index in [1.807, 2.05) is 25.2 Å². The highest BCUT2D eigenvalue weighted by atomic mass is 16.6. The summed E-state index contributed by atoms with van der Waals surface area (Å²) < 4.78 is 1.79. The Bertz CT molecular complexity index is 1400. The van der Waals surface area contributed by atoms with E-state index < -0.39 is 6.03 Å². The third-order valence-corrected chi connectivity index (χ3v) is 7.91. The van der Waals surface area contributed by atoms with Gasteiger partial charge in [0.2, 0.25) is 5.91 Å². The number of nitrogens with one attached hydrogen (secondary N) is 1. The zero-order chi connectivity index (χ0) is 26.4. The maximum atomic E-state index is 12.4. The SMILES string of the molecule is Cn1nc(N2CCC(=O)NC2=O)c2ccc(N3CCN(C4CCN(c5ccc([N+](=O)[O-])cc5)C4)CC3)cc21. The van der Waals surface area contributed by atoms with Gasteiger partial charge in [0.15, 0.2) is 5.82 Å². The average molecular weight is 519 g/mol. The molecule has 3 aliphatic heterocycles. The Hall–Kier alpha value is -4.19. The summed E-state index contributed by atoms with van der Waals surface area (Å²) in [6.07, 6.45) is 1.34. The predicted molar refractivity (Wildman–Crippen MR) is 144 cm³/mol. The Morgan fingerprint density at radius 1 is 0.947 bits per heavy atom. The first-order chi connectivity index (χ1) is 18.4. The molecule has 3 saturated heterocycles. The normalized spacial score (nSPS) is 20.9. The zero-order valence-electron chi connectivity index (χ0n) is 21.2. The first-order valence-electron chi connectivity index (χ1n) is 12.9. The zero-order valence-corrected chi connectivity index (χ0v) is 21.2. The number of hydrogen-bond donors (Lipinski definition) is 1. The lowest BCUT2D eigenvalue weighted by Gasteiger charge is -2.39. The van der Waals surface area contributed by atoms with Crippen LogP contribution in [0.15, 0.2) is 42.5 Å². The molecule has 3 amide bonds. The van der Waals surface area contributed by atoms with E-state index in [2.05, 4.69) is 37.2 Å². The van der Waals surface area contributed by atoms with Gasteiger partial charge in [0.25, 0.3) is 5.69 Å². The number of rotatable bonds is 5. The number of aromatic nitrogens is 2. The molecule has 1 atom stereocenters. The van der Waals surface area contributed by atoms with Crippen molar-refractivity contribution in [1.82, 2.24) is 20.0 Å². The number of aryl methyl sites for hydroxylation is 1. The smallest absolute Gasteiger partial charge is 0.329 e. The number of piperazine rings is 1. The van der Waals surface area contributed by atoms with E-state index in [1.165, 1.54) is 4.90 Å². The van der Waals surface area contributed by atoms with Gasteiger partial charge in [-0.25, -0.2) is 4.79 Å². The molecular formula is C26H30N8O4. The molecule has 1 N–H and O–H groups in total. The van der Waals surface area contributed by atoms with Crippen molar-refractivity contribution in [2.75, 3.05) is 60.5 Å². The number of non-ortho nitro benzene ring substituents is 1. The topological polar surface area (TPSA) is 120 Å². The number of nitrogens with zero attached hydrogens (tertiary/aromatic N) is 7. The van der Waals surface area contributed by atoms with Crippen LogP contribution in [0.25, 0.3) is 10.9 Å². The van der Waals surface area contributed by atoms with E-state index in [4.69, 9.17) is 0 Å². The number of imide groups is 1. The fourth-order valence-electron chi connectivity index (χ4n) is 5.79. The van der Waals surface area contributed by atoms with Gasteiger partial charge in [-0.15, -0.1) is 0 Å². The summed E-state index contributed by atoms with van der Waals surface area (Å²) in [5.41, 5.74) is 3.23. The molecule has 3 aromatic rings. The maximum Gasteiger partial charge on any atom is 0.329 e. The molecule has 2 aromatic carbocycles. The van der Waals surface area contributed by atoms with Crippen LogP contribution >= 0.6 is 0 Å².